The van der Waals surface area contributed by atoms with E-state index in [9.17, 15) is 4.79 Å². The number of benzene rings is 2. The zero-order chi connectivity index (χ0) is 18.6. The molecule has 0 aliphatic carbocycles. The Morgan fingerprint density at radius 1 is 1.07 bits per heavy atom. The molecule has 1 amide bonds. The lowest BCUT2D eigenvalue weighted by molar-refractivity contribution is 0.0728. The summed E-state index contributed by atoms with van der Waals surface area (Å²) in [6.45, 7) is 1.31. The molecule has 1 N–H and O–H groups in total. The third-order valence-corrected chi connectivity index (χ3v) is 4.63. The molecule has 27 heavy (non-hydrogen) atoms. The summed E-state index contributed by atoms with van der Waals surface area (Å²) in [5.74, 6) is 1.24. The first-order chi connectivity index (χ1) is 13.2. The van der Waals surface area contributed by atoms with Crippen LogP contribution in [0.3, 0.4) is 0 Å². The van der Waals surface area contributed by atoms with Gasteiger partial charge < -0.3 is 15.0 Å². The molecule has 1 aliphatic rings. The Morgan fingerprint density at radius 2 is 1.93 bits per heavy atom. The molecule has 0 spiro atoms. The van der Waals surface area contributed by atoms with Gasteiger partial charge >= 0.3 is 0 Å². The van der Waals surface area contributed by atoms with Crippen LogP contribution in [0, 0.1) is 0 Å². The van der Waals surface area contributed by atoms with Gasteiger partial charge in [0.2, 0.25) is 0 Å². The molecule has 0 atom stereocenters. The maximum Gasteiger partial charge on any atom is 0.274 e. The van der Waals surface area contributed by atoms with Gasteiger partial charge in [-0.1, -0.05) is 30.3 Å². The maximum atomic E-state index is 12.7. The van der Waals surface area contributed by atoms with E-state index in [2.05, 4.69) is 27.4 Å². The number of nitrogens with zero attached hydrogens (tertiary/aromatic N) is 3. The molecule has 0 unspecified atom stereocenters. The molecule has 2 heterocycles. The lowest BCUT2D eigenvalue weighted by Crippen LogP contribution is -2.36. The summed E-state index contributed by atoms with van der Waals surface area (Å²) in [6.07, 6.45) is 3.96. The second-order valence-electron chi connectivity index (χ2n) is 6.39. The van der Waals surface area contributed by atoms with Gasteiger partial charge in [-0.3, -0.25) is 4.79 Å². The van der Waals surface area contributed by atoms with Gasteiger partial charge in [0.25, 0.3) is 5.91 Å². The summed E-state index contributed by atoms with van der Waals surface area (Å²) in [5, 5.41) is 3.16. The molecular weight excluding hydrogens is 340 g/mol. The number of aromatic nitrogens is 2. The number of amides is 1. The van der Waals surface area contributed by atoms with Crippen LogP contribution in [0.1, 0.15) is 21.6 Å². The molecule has 2 aromatic carbocycles. The summed E-state index contributed by atoms with van der Waals surface area (Å²) in [6, 6.07) is 15.8. The van der Waals surface area contributed by atoms with E-state index in [1.165, 1.54) is 17.3 Å². The Labute approximate surface area is 157 Å². The molecule has 0 saturated carbocycles. The minimum Gasteiger partial charge on any atom is -0.497 e. The van der Waals surface area contributed by atoms with E-state index in [1.807, 2.05) is 41.3 Å². The van der Waals surface area contributed by atoms with Crippen molar-refractivity contribution in [3.8, 4) is 5.75 Å². The molecule has 6 heteroatoms. The zero-order valence-electron chi connectivity index (χ0n) is 15.1. The first kappa shape index (κ1) is 17.0. The van der Waals surface area contributed by atoms with Crippen LogP contribution < -0.4 is 10.1 Å². The summed E-state index contributed by atoms with van der Waals surface area (Å²) in [4.78, 5) is 23.2. The molecule has 4 rings (SSSR count). The first-order valence-electron chi connectivity index (χ1n) is 8.82. The summed E-state index contributed by atoms with van der Waals surface area (Å²) >= 11 is 0. The normalized spacial score (nSPS) is 13.0. The number of methoxy groups -OCH3 is 1. The number of hydrogen-bond acceptors (Lipinski definition) is 5. The van der Waals surface area contributed by atoms with E-state index in [4.69, 9.17) is 4.74 Å². The molecule has 136 valence electrons. The largest absolute Gasteiger partial charge is 0.497 e. The lowest BCUT2D eigenvalue weighted by Gasteiger charge is -2.28. The van der Waals surface area contributed by atoms with Gasteiger partial charge in [0, 0.05) is 24.8 Å². The van der Waals surface area contributed by atoms with E-state index in [0.717, 1.165) is 17.9 Å². The van der Waals surface area contributed by atoms with Gasteiger partial charge in [-0.05, 0) is 29.7 Å². The monoisotopic (exact) mass is 360 g/mol. The third-order valence-electron chi connectivity index (χ3n) is 4.63. The highest BCUT2D eigenvalue weighted by Crippen LogP contribution is 2.21. The number of carbonyl (C=O) groups excluding carboxylic acids is 1. The molecule has 0 radical (unpaired) electrons. The number of fused-ring (bicyclic) bond motifs is 1. The number of hydrogen-bond donors (Lipinski definition) is 1. The van der Waals surface area contributed by atoms with E-state index >= 15 is 0 Å². The molecule has 6 nitrogen and oxygen atoms in total. The maximum absolute atomic E-state index is 12.7. The highest BCUT2D eigenvalue weighted by molar-refractivity contribution is 5.92. The van der Waals surface area contributed by atoms with E-state index in [-0.39, 0.29) is 5.91 Å². The fourth-order valence-electron chi connectivity index (χ4n) is 3.18. The predicted octanol–water partition coefficient (Wildman–Crippen LogP) is 3.43. The Morgan fingerprint density at radius 3 is 2.70 bits per heavy atom. The molecule has 3 aromatic rings. The fraction of sp³-hybridized carbons (Fsp3) is 0.190. The zero-order valence-corrected chi connectivity index (χ0v) is 15.1. The SMILES string of the molecule is COc1cccc(Nc2cnc(C(=O)N3CCc4ccccc4C3)cn2)c1. The number of carbonyl (C=O) groups is 1. The van der Waals surface area contributed by atoms with Crippen LogP contribution in [0.2, 0.25) is 0 Å². The summed E-state index contributed by atoms with van der Waals surface area (Å²) < 4.78 is 5.21. The molecular formula is C21H20N4O2. The van der Waals surface area contributed by atoms with Crippen molar-refractivity contribution in [2.75, 3.05) is 19.0 Å². The fourth-order valence-corrected chi connectivity index (χ4v) is 3.18. The van der Waals surface area contributed by atoms with Crippen molar-refractivity contribution in [1.82, 2.24) is 14.9 Å². The Balaban J connectivity index is 1.45. The van der Waals surface area contributed by atoms with Gasteiger partial charge in [-0.15, -0.1) is 0 Å². The predicted molar refractivity (Wildman–Crippen MR) is 103 cm³/mol. The highest BCUT2D eigenvalue weighted by atomic mass is 16.5. The van der Waals surface area contributed by atoms with Crippen molar-refractivity contribution in [3.63, 3.8) is 0 Å². The van der Waals surface area contributed by atoms with Crippen LogP contribution in [-0.2, 0) is 13.0 Å². The minimum atomic E-state index is -0.0927. The minimum absolute atomic E-state index is 0.0927. The third kappa shape index (κ3) is 3.74. The van der Waals surface area contributed by atoms with E-state index < -0.39 is 0 Å². The quantitative estimate of drug-likeness (QED) is 0.772. The standard InChI is InChI=1S/C21H20N4O2/c1-27-18-8-4-7-17(11-18)24-20-13-22-19(12-23-20)21(26)25-10-9-15-5-2-3-6-16(15)14-25/h2-8,11-13H,9-10,14H2,1H3,(H,23,24). The van der Waals surface area contributed by atoms with Crippen molar-refractivity contribution in [2.24, 2.45) is 0 Å². The summed E-state index contributed by atoms with van der Waals surface area (Å²) in [7, 11) is 1.62. The number of nitrogens with one attached hydrogen (secondary N) is 1. The molecule has 0 bridgehead atoms. The van der Waals surface area contributed by atoms with Crippen LogP contribution in [0.15, 0.2) is 60.9 Å². The van der Waals surface area contributed by atoms with Gasteiger partial charge in [0.15, 0.2) is 0 Å². The first-order valence-corrected chi connectivity index (χ1v) is 8.82. The number of anilines is 2. The van der Waals surface area contributed by atoms with Crippen LogP contribution in [-0.4, -0.2) is 34.4 Å². The van der Waals surface area contributed by atoms with Crippen LogP contribution in [0.5, 0.6) is 5.75 Å². The van der Waals surface area contributed by atoms with E-state index in [0.29, 0.717) is 24.6 Å². The van der Waals surface area contributed by atoms with Crippen molar-refractivity contribution in [2.45, 2.75) is 13.0 Å². The molecule has 0 saturated heterocycles. The van der Waals surface area contributed by atoms with Crippen molar-refractivity contribution >= 4 is 17.4 Å². The Hall–Kier alpha value is -3.41. The van der Waals surface area contributed by atoms with Gasteiger partial charge in [-0.25, -0.2) is 9.97 Å². The molecule has 1 aliphatic heterocycles. The Kier molecular flexibility index (Phi) is 4.70. The van der Waals surface area contributed by atoms with Crippen molar-refractivity contribution < 1.29 is 9.53 Å². The van der Waals surface area contributed by atoms with Gasteiger partial charge in [-0.2, -0.15) is 0 Å². The lowest BCUT2D eigenvalue weighted by atomic mass is 10.00. The van der Waals surface area contributed by atoms with Gasteiger partial charge in [0.1, 0.15) is 17.3 Å². The topological polar surface area (TPSA) is 67.3 Å². The number of rotatable bonds is 4. The van der Waals surface area contributed by atoms with Crippen LogP contribution >= 0.6 is 0 Å². The second kappa shape index (κ2) is 7.45. The number of ether oxygens (including phenoxy) is 1. The smallest absolute Gasteiger partial charge is 0.274 e. The average molecular weight is 360 g/mol. The average Bonchev–Trinajstić information content (AvgIpc) is 2.73. The van der Waals surface area contributed by atoms with Crippen molar-refractivity contribution in [1.29, 1.82) is 0 Å². The van der Waals surface area contributed by atoms with E-state index in [1.54, 1.807) is 13.3 Å². The van der Waals surface area contributed by atoms with Crippen LogP contribution in [0.25, 0.3) is 0 Å². The van der Waals surface area contributed by atoms with Crippen LogP contribution in [0.4, 0.5) is 11.5 Å². The summed E-state index contributed by atoms with van der Waals surface area (Å²) in [5.41, 5.74) is 3.70. The highest BCUT2D eigenvalue weighted by Gasteiger charge is 2.22. The molecule has 1 aromatic heterocycles. The van der Waals surface area contributed by atoms with Gasteiger partial charge in [0.05, 0.1) is 19.5 Å². The van der Waals surface area contributed by atoms with Crippen molar-refractivity contribution in [3.05, 3.63) is 77.7 Å². The Bertz CT molecular complexity index is 956. The second-order valence-corrected chi connectivity index (χ2v) is 6.39. The molecule has 0 fully saturated rings.